The zero-order valence-electron chi connectivity index (χ0n) is 9.13. The first-order chi connectivity index (χ1) is 6.43. The highest BCUT2D eigenvalue weighted by Crippen LogP contribution is 2.30. The summed E-state index contributed by atoms with van der Waals surface area (Å²) in [7, 11) is 0. The number of allylic oxidation sites excluding steroid dienone is 1. The Balaban J connectivity index is 2.95. The van der Waals surface area contributed by atoms with Gasteiger partial charge < -0.3 is 0 Å². The highest BCUT2D eigenvalue weighted by atomic mass is 32.1. The average Bonchev–Trinajstić information content (AvgIpc) is 2.51. The number of hydrogen-bond donors (Lipinski definition) is 0. The topological polar surface area (TPSA) is 17.1 Å². The summed E-state index contributed by atoms with van der Waals surface area (Å²) in [4.78, 5) is 13.0. The van der Waals surface area contributed by atoms with E-state index in [0.717, 1.165) is 16.7 Å². The van der Waals surface area contributed by atoms with Crippen LogP contribution in [0.25, 0.3) is 6.08 Å². The second-order valence-electron chi connectivity index (χ2n) is 4.46. The minimum atomic E-state index is 0.200. The van der Waals surface area contributed by atoms with Gasteiger partial charge in [0.1, 0.15) is 6.29 Å². The zero-order chi connectivity index (χ0) is 10.8. The van der Waals surface area contributed by atoms with Crippen LogP contribution in [0.2, 0.25) is 0 Å². The van der Waals surface area contributed by atoms with Crippen LogP contribution in [0.4, 0.5) is 0 Å². The van der Waals surface area contributed by atoms with E-state index in [1.54, 1.807) is 11.3 Å². The molecule has 0 aromatic carbocycles. The Kier molecular flexibility index (Phi) is 3.27. The van der Waals surface area contributed by atoms with Gasteiger partial charge in [-0.25, -0.2) is 0 Å². The van der Waals surface area contributed by atoms with E-state index in [0.29, 0.717) is 0 Å². The van der Waals surface area contributed by atoms with Crippen molar-refractivity contribution in [1.82, 2.24) is 0 Å². The smallest absolute Gasteiger partial charge is 0.145 e. The molecule has 0 N–H and O–H groups in total. The lowest BCUT2D eigenvalue weighted by molar-refractivity contribution is -0.104. The molecule has 0 amide bonds. The van der Waals surface area contributed by atoms with Crippen LogP contribution in [0, 0.1) is 0 Å². The number of thiophene rings is 1. The summed E-state index contributed by atoms with van der Waals surface area (Å²) in [5.41, 5.74) is 0.971. The molecule has 1 aromatic heterocycles. The molecule has 0 aliphatic rings. The first kappa shape index (κ1) is 11.2. The van der Waals surface area contributed by atoms with Crippen LogP contribution in [0.15, 0.2) is 17.7 Å². The SMILES string of the molecule is C/C(C=O)=C/c1ccc(C(C)(C)C)s1. The van der Waals surface area contributed by atoms with Gasteiger partial charge in [0, 0.05) is 9.75 Å². The van der Waals surface area contributed by atoms with Crippen LogP contribution in [0.3, 0.4) is 0 Å². The summed E-state index contributed by atoms with van der Waals surface area (Å²) < 4.78 is 0. The molecule has 1 rings (SSSR count). The third-order valence-electron chi connectivity index (χ3n) is 1.92. The van der Waals surface area contributed by atoms with Gasteiger partial charge in [0.15, 0.2) is 0 Å². The monoisotopic (exact) mass is 208 g/mol. The fourth-order valence-corrected chi connectivity index (χ4v) is 2.17. The molecule has 0 saturated heterocycles. The first-order valence-electron chi connectivity index (χ1n) is 4.67. The van der Waals surface area contributed by atoms with E-state index in [1.807, 2.05) is 13.0 Å². The van der Waals surface area contributed by atoms with Crippen LogP contribution in [-0.2, 0) is 10.2 Å². The molecule has 0 aliphatic heterocycles. The summed E-state index contributed by atoms with van der Waals surface area (Å²) >= 11 is 1.75. The van der Waals surface area contributed by atoms with Gasteiger partial charge in [-0.1, -0.05) is 20.8 Å². The van der Waals surface area contributed by atoms with Crippen LogP contribution in [0.1, 0.15) is 37.4 Å². The van der Waals surface area contributed by atoms with Crippen molar-refractivity contribution in [3.63, 3.8) is 0 Å². The summed E-state index contributed by atoms with van der Waals surface area (Å²) in [6, 6.07) is 4.20. The maximum atomic E-state index is 10.4. The molecular weight excluding hydrogens is 192 g/mol. The van der Waals surface area contributed by atoms with Gasteiger partial charge in [0.2, 0.25) is 0 Å². The van der Waals surface area contributed by atoms with Gasteiger partial charge in [-0.2, -0.15) is 0 Å². The van der Waals surface area contributed by atoms with Gasteiger partial charge in [-0.15, -0.1) is 11.3 Å². The summed E-state index contributed by atoms with van der Waals surface area (Å²) in [6.45, 7) is 8.40. The van der Waals surface area contributed by atoms with Crippen LogP contribution >= 0.6 is 11.3 Å². The Morgan fingerprint density at radius 1 is 1.36 bits per heavy atom. The molecule has 0 aliphatic carbocycles. The van der Waals surface area contributed by atoms with Crippen LogP contribution in [-0.4, -0.2) is 6.29 Å². The van der Waals surface area contributed by atoms with Crippen LogP contribution < -0.4 is 0 Å². The second kappa shape index (κ2) is 4.09. The Hall–Kier alpha value is -0.890. The molecule has 0 fully saturated rings. The molecule has 14 heavy (non-hydrogen) atoms. The van der Waals surface area contributed by atoms with E-state index >= 15 is 0 Å². The van der Waals surface area contributed by atoms with Gasteiger partial charge >= 0.3 is 0 Å². The Bertz CT molecular complexity index is 353. The predicted octanol–water partition coefficient (Wildman–Crippen LogP) is 3.65. The van der Waals surface area contributed by atoms with Crippen LogP contribution in [0.5, 0.6) is 0 Å². The zero-order valence-corrected chi connectivity index (χ0v) is 9.94. The third kappa shape index (κ3) is 2.81. The molecule has 1 heterocycles. The van der Waals surface area contributed by atoms with E-state index < -0.39 is 0 Å². The Morgan fingerprint density at radius 3 is 2.43 bits per heavy atom. The van der Waals surface area contributed by atoms with E-state index in [9.17, 15) is 4.79 Å². The van der Waals surface area contributed by atoms with Crippen molar-refractivity contribution >= 4 is 23.7 Å². The maximum absolute atomic E-state index is 10.4. The van der Waals surface area contributed by atoms with Crippen molar-refractivity contribution in [2.75, 3.05) is 0 Å². The minimum Gasteiger partial charge on any atom is -0.298 e. The van der Waals surface area contributed by atoms with Crippen molar-refractivity contribution in [3.8, 4) is 0 Å². The number of hydrogen-bond acceptors (Lipinski definition) is 2. The first-order valence-corrected chi connectivity index (χ1v) is 5.49. The fraction of sp³-hybridized carbons (Fsp3) is 0.417. The molecule has 1 nitrogen and oxygen atoms in total. The molecular formula is C12H16OS. The quantitative estimate of drug-likeness (QED) is 0.535. The number of rotatable bonds is 2. The lowest BCUT2D eigenvalue weighted by Crippen LogP contribution is -2.07. The molecule has 2 heteroatoms. The number of carbonyl (C=O) groups is 1. The molecule has 0 radical (unpaired) electrons. The molecule has 0 saturated carbocycles. The maximum Gasteiger partial charge on any atom is 0.145 e. The second-order valence-corrected chi connectivity index (χ2v) is 5.57. The predicted molar refractivity (Wildman–Crippen MR) is 62.7 cm³/mol. The van der Waals surface area contributed by atoms with Crippen molar-refractivity contribution in [1.29, 1.82) is 0 Å². The summed E-state index contributed by atoms with van der Waals surface area (Å²) in [5.74, 6) is 0. The number of carbonyl (C=O) groups excluding carboxylic acids is 1. The molecule has 0 spiro atoms. The highest BCUT2D eigenvalue weighted by Gasteiger charge is 2.15. The highest BCUT2D eigenvalue weighted by molar-refractivity contribution is 7.13. The van der Waals surface area contributed by atoms with E-state index in [1.165, 1.54) is 4.88 Å². The molecule has 0 unspecified atom stereocenters. The van der Waals surface area contributed by atoms with Crippen molar-refractivity contribution in [2.45, 2.75) is 33.1 Å². The fourth-order valence-electron chi connectivity index (χ4n) is 1.09. The summed E-state index contributed by atoms with van der Waals surface area (Å²) in [5, 5.41) is 0. The largest absolute Gasteiger partial charge is 0.298 e. The van der Waals surface area contributed by atoms with Gasteiger partial charge in [-0.3, -0.25) is 4.79 Å². The van der Waals surface area contributed by atoms with Crippen molar-refractivity contribution < 1.29 is 4.79 Å². The normalized spacial score (nSPS) is 13.0. The Morgan fingerprint density at radius 2 is 2.00 bits per heavy atom. The van der Waals surface area contributed by atoms with Crippen molar-refractivity contribution in [2.24, 2.45) is 0 Å². The van der Waals surface area contributed by atoms with E-state index in [-0.39, 0.29) is 5.41 Å². The van der Waals surface area contributed by atoms with E-state index in [4.69, 9.17) is 0 Å². The number of aldehydes is 1. The standard InChI is InChI=1S/C12H16OS/c1-9(8-13)7-10-5-6-11(14-10)12(2,3)4/h5-8H,1-4H3/b9-7-. The van der Waals surface area contributed by atoms with Gasteiger partial charge in [0.05, 0.1) is 0 Å². The molecule has 1 aromatic rings. The molecule has 0 atom stereocenters. The minimum absolute atomic E-state index is 0.200. The average molecular weight is 208 g/mol. The molecule has 0 bridgehead atoms. The molecule has 76 valence electrons. The third-order valence-corrected chi connectivity index (χ3v) is 3.38. The van der Waals surface area contributed by atoms with E-state index in [2.05, 4.69) is 32.9 Å². The van der Waals surface area contributed by atoms with Crippen molar-refractivity contribution in [3.05, 3.63) is 27.5 Å². The summed E-state index contributed by atoms with van der Waals surface area (Å²) in [6.07, 6.45) is 2.81. The van der Waals surface area contributed by atoms with Gasteiger partial charge in [0.25, 0.3) is 0 Å². The lowest BCUT2D eigenvalue weighted by atomic mass is 9.95. The Labute approximate surface area is 89.5 Å². The van der Waals surface area contributed by atoms with Gasteiger partial charge in [-0.05, 0) is 36.1 Å². The lowest BCUT2D eigenvalue weighted by Gasteiger charge is -2.15.